The molecule has 106 valence electrons. The predicted octanol–water partition coefficient (Wildman–Crippen LogP) is 3.54. The van der Waals surface area contributed by atoms with E-state index in [9.17, 15) is 4.79 Å². The molecule has 0 aliphatic heterocycles. The van der Waals surface area contributed by atoms with Gasteiger partial charge in [-0.3, -0.25) is 9.69 Å². The zero-order chi connectivity index (χ0) is 14.5. The summed E-state index contributed by atoms with van der Waals surface area (Å²) in [6.45, 7) is 2.42. The van der Waals surface area contributed by atoms with Gasteiger partial charge in [-0.25, -0.2) is 4.98 Å². The highest BCUT2D eigenvalue weighted by atomic mass is 79.9. The standard InChI is InChI=1S/C14H16BrN3OS/c1-10(12-4-3-7-20-12)18(2)9-14(19)17-13-6-5-11(15)8-16-13/h3-8,10H,9H2,1-2H3,(H,16,17,19). The van der Waals surface area contributed by atoms with E-state index in [0.29, 0.717) is 12.4 Å². The number of halogens is 1. The highest BCUT2D eigenvalue weighted by molar-refractivity contribution is 9.10. The van der Waals surface area contributed by atoms with Gasteiger partial charge in [-0.05, 0) is 53.5 Å². The molecule has 2 heterocycles. The predicted molar refractivity (Wildman–Crippen MR) is 85.9 cm³/mol. The van der Waals surface area contributed by atoms with Gasteiger partial charge in [0.15, 0.2) is 0 Å². The van der Waals surface area contributed by atoms with E-state index in [4.69, 9.17) is 0 Å². The van der Waals surface area contributed by atoms with E-state index in [1.165, 1.54) is 4.88 Å². The van der Waals surface area contributed by atoms with Crippen LogP contribution in [0.3, 0.4) is 0 Å². The molecule has 1 atom stereocenters. The number of hydrogen-bond acceptors (Lipinski definition) is 4. The van der Waals surface area contributed by atoms with E-state index in [0.717, 1.165) is 4.47 Å². The Bertz CT molecular complexity index is 556. The van der Waals surface area contributed by atoms with Gasteiger partial charge in [0.1, 0.15) is 5.82 Å². The summed E-state index contributed by atoms with van der Waals surface area (Å²) in [4.78, 5) is 19.4. The zero-order valence-corrected chi connectivity index (χ0v) is 13.7. The van der Waals surface area contributed by atoms with Gasteiger partial charge in [0.25, 0.3) is 0 Å². The van der Waals surface area contributed by atoms with E-state index >= 15 is 0 Å². The third kappa shape index (κ3) is 4.13. The number of nitrogens with zero attached hydrogens (tertiary/aromatic N) is 2. The van der Waals surface area contributed by atoms with Crippen molar-refractivity contribution in [3.63, 3.8) is 0 Å². The number of carbonyl (C=O) groups excluding carboxylic acids is 1. The molecule has 0 fully saturated rings. The summed E-state index contributed by atoms with van der Waals surface area (Å²) in [5.41, 5.74) is 0. The van der Waals surface area contributed by atoms with Crippen LogP contribution in [0, 0.1) is 0 Å². The first-order valence-corrected chi connectivity index (χ1v) is 7.88. The Morgan fingerprint density at radius 2 is 2.30 bits per heavy atom. The van der Waals surface area contributed by atoms with E-state index in [-0.39, 0.29) is 11.9 Å². The summed E-state index contributed by atoms with van der Waals surface area (Å²) < 4.78 is 0.888. The number of likely N-dealkylation sites (N-methyl/N-ethyl adjacent to an activating group) is 1. The molecule has 2 aromatic rings. The first kappa shape index (κ1) is 15.2. The third-order valence-electron chi connectivity index (χ3n) is 3.00. The average Bonchev–Trinajstić information content (AvgIpc) is 2.94. The van der Waals surface area contributed by atoms with Crippen molar-refractivity contribution in [1.82, 2.24) is 9.88 Å². The second kappa shape index (κ2) is 6.97. The minimum Gasteiger partial charge on any atom is -0.310 e. The van der Waals surface area contributed by atoms with Crippen LogP contribution in [0.25, 0.3) is 0 Å². The van der Waals surface area contributed by atoms with Gasteiger partial charge >= 0.3 is 0 Å². The molecule has 2 aromatic heterocycles. The molecule has 6 heteroatoms. The molecule has 2 rings (SSSR count). The molecule has 0 aliphatic carbocycles. The molecule has 0 aliphatic rings. The number of aromatic nitrogens is 1. The monoisotopic (exact) mass is 353 g/mol. The number of anilines is 1. The maximum Gasteiger partial charge on any atom is 0.239 e. The van der Waals surface area contributed by atoms with Crippen LogP contribution in [0.1, 0.15) is 17.8 Å². The van der Waals surface area contributed by atoms with Gasteiger partial charge in [-0.15, -0.1) is 11.3 Å². The minimum absolute atomic E-state index is 0.0641. The fraction of sp³-hybridized carbons (Fsp3) is 0.286. The van der Waals surface area contributed by atoms with Crippen LogP contribution < -0.4 is 5.32 Å². The number of nitrogens with one attached hydrogen (secondary N) is 1. The molecule has 1 N–H and O–H groups in total. The molecule has 0 radical (unpaired) electrons. The van der Waals surface area contributed by atoms with Crippen LogP contribution in [0.5, 0.6) is 0 Å². The average molecular weight is 354 g/mol. The highest BCUT2D eigenvalue weighted by Gasteiger charge is 2.15. The van der Waals surface area contributed by atoms with Crippen LogP contribution in [0.15, 0.2) is 40.3 Å². The van der Waals surface area contributed by atoms with Crippen molar-refractivity contribution in [2.75, 3.05) is 18.9 Å². The summed E-state index contributed by atoms with van der Waals surface area (Å²) in [5.74, 6) is 0.501. The first-order chi connectivity index (χ1) is 9.56. The topological polar surface area (TPSA) is 45.2 Å². The summed E-state index contributed by atoms with van der Waals surface area (Å²) in [6, 6.07) is 7.94. The van der Waals surface area contributed by atoms with Crippen molar-refractivity contribution >= 4 is 39.0 Å². The van der Waals surface area contributed by atoms with Crippen molar-refractivity contribution in [3.05, 3.63) is 45.2 Å². The molecule has 0 bridgehead atoms. The van der Waals surface area contributed by atoms with Crippen LogP contribution in [0.4, 0.5) is 5.82 Å². The van der Waals surface area contributed by atoms with E-state index in [2.05, 4.69) is 39.2 Å². The van der Waals surface area contributed by atoms with Crippen molar-refractivity contribution in [3.8, 4) is 0 Å². The lowest BCUT2D eigenvalue weighted by Gasteiger charge is -2.22. The van der Waals surface area contributed by atoms with E-state index in [1.807, 2.05) is 29.5 Å². The Morgan fingerprint density at radius 1 is 1.50 bits per heavy atom. The molecule has 1 amide bonds. The second-order valence-corrected chi connectivity index (χ2v) is 6.41. The summed E-state index contributed by atoms with van der Waals surface area (Å²) in [6.07, 6.45) is 1.66. The SMILES string of the molecule is CC(c1cccs1)N(C)CC(=O)Nc1ccc(Br)cn1. The summed E-state index contributed by atoms with van der Waals surface area (Å²) >= 11 is 5.01. The Labute approximate surface area is 131 Å². The lowest BCUT2D eigenvalue weighted by Crippen LogP contribution is -2.32. The maximum absolute atomic E-state index is 12.0. The molecule has 4 nitrogen and oxygen atoms in total. The van der Waals surface area contributed by atoms with Crippen LogP contribution >= 0.6 is 27.3 Å². The fourth-order valence-electron chi connectivity index (χ4n) is 1.74. The van der Waals surface area contributed by atoms with E-state index in [1.54, 1.807) is 23.6 Å². The van der Waals surface area contributed by atoms with Gasteiger partial charge in [-0.2, -0.15) is 0 Å². The number of amides is 1. The number of carbonyl (C=O) groups is 1. The largest absolute Gasteiger partial charge is 0.310 e. The Balaban J connectivity index is 1.89. The van der Waals surface area contributed by atoms with Gasteiger partial charge in [0.05, 0.1) is 6.54 Å². The van der Waals surface area contributed by atoms with Gasteiger partial charge < -0.3 is 5.32 Å². The van der Waals surface area contributed by atoms with E-state index < -0.39 is 0 Å². The first-order valence-electron chi connectivity index (χ1n) is 6.21. The van der Waals surface area contributed by atoms with Crippen molar-refractivity contribution in [2.24, 2.45) is 0 Å². The third-order valence-corrected chi connectivity index (χ3v) is 4.52. The lowest BCUT2D eigenvalue weighted by molar-refractivity contribution is -0.117. The number of hydrogen-bond donors (Lipinski definition) is 1. The van der Waals surface area contributed by atoms with Crippen LogP contribution in [-0.2, 0) is 4.79 Å². The van der Waals surface area contributed by atoms with Gasteiger partial charge in [0, 0.05) is 21.6 Å². The maximum atomic E-state index is 12.0. The zero-order valence-electron chi connectivity index (χ0n) is 11.3. The molecular formula is C14H16BrN3OS. The highest BCUT2D eigenvalue weighted by Crippen LogP contribution is 2.23. The number of pyridine rings is 1. The van der Waals surface area contributed by atoms with Crippen molar-refractivity contribution in [2.45, 2.75) is 13.0 Å². The fourth-order valence-corrected chi connectivity index (χ4v) is 2.82. The molecule has 0 spiro atoms. The van der Waals surface area contributed by atoms with Crippen LogP contribution in [0.2, 0.25) is 0 Å². The quantitative estimate of drug-likeness (QED) is 0.893. The smallest absolute Gasteiger partial charge is 0.239 e. The molecule has 0 saturated carbocycles. The van der Waals surface area contributed by atoms with Crippen LogP contribution in [-0.4, -0.2) is 29.4 Å². The molecule has 20 heavy (non-hydrogen) atoms. The molecule has 1 unspecified atom stereocenters. The summed E-state index contributed by atoms with van der Waals surface area (Å²) in [7, 11) is 1.94. The number of thiophene rings is 1. The lowest BCUT2D eigenvalue weighted by atomic mass is 10.2. The summed E-state index contributed by atoms with van der Waals surface area (Å²) in [5, 5.41) is 4.84. The molecule has 0 aromatic carbocycles. The Hall–Kier alpha value is -1.24. The Kier molecular flexibility index (Phi) is 5.28. The minimum atomic E-state index is -0.0641. The molecule has 0 saturated heterocycles. The van der Waals surface area contributed by atoms with Crippen molar-refractivity contribution in [1.29, 1.82) is 0 Å². The molecular weight excluding hydrogens is 338 g/mol. The van der Waals surface area contributed by atoms with Gasteiger partial charge in [0.2, 0.25) is 5.91 Å². The van der Waals surface area contributed by atoms with Crippen molar-refractivity contribution < 1.29 is 4.79 Å². The Morgan fingerprint density at radius 3 is 2.90 bits per heavy atom. The van der Waals surface area contributed by atoms with Gasteiger partial charge in [-0.1, -0.05) is 6.07 Å². The normalized spacial score (nSPS) is 12.4. The second-order valence-electron chi connectivity index (χ2n) is 4.52. The number of rotatable bonds is 5.